The Kier molecular flexibility index (Phi) is 3.81. The predicted molar refractivity (Wildman–Crippen MR) is 69.9 cm³/mol. The Hall–Kier alpha value is -0.910. The number of rotatable bonds is 4. The van der Waals surface area contributed by atoms with Gasteiger partial charge in [-0.3, -0.25) is 10.1 Å². The fourth-order valence-electron chi connectivity index (χ4n) is 1.90. The summed E-state index contributed by atoms with van der Waals surface area (Å²) in [7, 11) is 4.08. The zero-order valence-corrected chi connectivity index (χ0v) is 11.3. The zero-order valence-electron chi connectivity index (χ0n) is 10.5. The van der Waals surface area contributed by atoms with Crippen molar-refractivity contribution in [2.24, 2.45) is 0 Å². The summed E-state index contributed by atoms with van der Waals surface area (Å²) in [5, 5.41) is 5.32. The van der Waals surface area contributed by atoms with Crippen LogP contribution < -0.4 is 5.32 Å². The molecule has 1 aromatic rings. The van der Waals surface area contributed by atoms with Crippen molar-refractivity contribution in [1.82, 2.24) is 15.1 Å². The average molecular weight is 253 g/mol. The van der Waals surface area contributed by atoms with Gasteiger partial charge in [0.05, 0.1) is 6.54 Å². The maximum atomic E-state index is 11.9. The summed E-state index contributed by atoms with van der Waals surface area (Å²) in [6.07, 6.45) is 0.0601. The summed E-state index contributed by atoms with van der Waals surface area (Å²) < 4.78 is 0. The molecule has 1 fully saturated rings. The molecule has 94 valence electrons. The third-order valence-corrected chi connectivity index (χ3v) is 4.16. The topological polar surface area (TPSA) is 35.6 Å². The van der Waals surface area contributed by atoms with Gasteiger partial charge in [0, 0.05) is 17.5 Å². The Labute approximate surface area is 106 Å². The summed E-state index contributed by atoms with van der Waals surface area (Å²) >= 11 is 1.69. The second-order valence-electron chi connectivity index (χ2n) is 4.66. The SMILES string of the molecule is CC(CN1C(=O)CNC1c1cccs1)N(C)C. The second-order valence-corrected chi connectivity index (χ2v) is 5.64. The minimum Gasteiger partial charge on any atom is -0.319 e. The van der Waals surface area contributed by atoms with E-state index >= 15 is 0 Å². The smallest absolute Gasteiger partial charge is 0.238 e. The van der Waals surface area contributed by atoms with Gasteiger partial charge in [-0.05, 0) is 32.5 Å². The summed E-state index contributed by atoms with van der Waals surface area (Å²) in [6, 6.07) is 4.47. The molecule has 1 aliphatic heterocycles. The van der Waals surface area contributed by atoms with Gasteiger partial charge in [0.1, 0.15) is 6.17 Å². The maximum Gasteiger partial charge on any atom is 0.238 e. The van der Waals surface area contributed by atoms with Crippen LogP contribution in [0.2, 0.25) is 0 Å². The molecule has 2 rings (SSSR count). The lowest BCUT2D eigenvalue weighted by Gasteiger charge is -2.29. The maximum absolute atomic E-state index is 11.9. The standard InChI is InChI=1S/C12H19N3OS/c1-9(14(2)3)8-15-11(16)7-13-12(15)10-5-4-6-17-10/h4-6,9,12-13H,7-8H2,1-3H3. The third-order valence-electron chi connectivity index (χ3n) is 3.23. The number of nitrogens with zero attached hydrogens (tertiary/aromatic N) is 2. The molecular weight excluding hydrogens is 234 g/mol. The fraction of sp³-hybridized carbons (Fsp3) is 0.583. The molecule has 2 heterocycles. The molecule has 1 saturated heterocycles. The second kappa shape index (κ2) is 5.16. The molecular formula is C12H19N3OS. The van der Waals surface area contributed by atoms with Crippen LogP contribution in [0.15, 0.2) is 17.5 Å². The molecule has 2 unspecified atom stereocenters. The highest BCUT2D eigenvalue weighted by molar-refractivity contribution is 7.10. The monoisotopic (exact) mass is 253 g/mol. The number of amides is 1. The zero-order chi connectivity index (χ0) is 12.4. The molecule has 0 aromatic carbocycles. The normalized spacial score (nSPS) is 22.5. The van der Waals surface area contributed by atoms with E-state index in [0.29, 0.717) is 12.6 Å². The molecule has 17 heavy (non-hydrogen) atoms. The molecule has 1 aliphatic rings. The Balaban J connectivity index is 2.09. The number of carbonyl (C=O) groups excluding carboxylic acids is 1. The molecule has 0 saturated carbocycles. The van der Waals surface area contributed by atoms with Gasteiger partial charge in [0.25, 0.3) is 0 Å². The quantitative estimate of drug-likeness (QED) is 0.873. The van der Waals surface area contributed by atoms with E-state index in [-0.39, 0.29) is 12.1 Å². The van der Waals surface area contributed by atoms with Crippen LogP contribution in [0.1, 0.15) is 18.0 Å². The lowest BCUT2D eigenvalue weighted by atomic mass is 10.2. The first kappa shape index (κ1) is 12.5. The van der Waals surface area contributed by atoms with Crippen LogP contribution in [0, 0.1) is 0 Å². The molecule has 5 heteroatoms. The lowest BCUT2D eigenvalue weighted by molar-refractivity contribution is -0.128. The number of thiophene rings is 1. The van der Waals surface area contributed by atoms with E-state index in [2.05, 4.69) is 23.2 Å². The van der Waals surface area contributed by atoms with Crippen molar-refractivity contribution < 1.29 is 4.79 Å². The van der Waals surface area contributed by atoms with Crippen molar-refractivity contribution in [3.63, 3.8) is 0 Å². The summed E-state index contributed by atoms with van der Waals surface area (Å²) in [5.74, 6) is 0.192. The Morgan fingerprint density at radius 2 is 2.41 bits per heavy atom. The summed E-state index contributed by atoms with van der Waals surface area (Å²) in [6.45, 7) is 3.35. The van der Waals surface area contributed by atoms with Crippen molar-refractivity contribution in [2.45, 2.75) is 19.1 Å². The third kappa shape index (κ3) is 2.68. The van der Waals surface area contributed by atoms with E-state index in [1.807, 2.05) is 30.4 Å². The van der Waals surface area contributed by atoms with Gasteiger partial charge in [-0.15, -0.1) is 11.3 Å². The highest BCUT2D eigenvalue weighted by Crippen LogP contribution is 2.26. The molecule has 1 N–H and O–H groups in total. The molecule has 1 aromatic heterocycles. The number of likely N-dealkylation sites (N-methyl/N-ethyl adjacent to an activating group) is 1. The number of hydrogen-bond donors (Lipinski definition) is 1. The Morgan fingerprint density at radius 3 is 3.00 bits per heavy atom. The van der Waals surface area contributed by atoms with Gasteiger partial charge in [0.15, 0.2) is 0 Å². The van der Waals surface area contributed by atoms with Crippen LogP contribution in [0.5, 0.6) is 0 Å². The van der Waals surface area contributed by atoms with Gasteiger partial charge >= 0.3 is 0 Å². The van der Waals surface area contributed by atoms with E-state index in [1.54, 1.807) is 11.3 Å². The van der Waals surface area contributed by atoms with Gasteiger partial charge in [-0.1, -0.05) is 6.07 Å². The molecule has 0 bridgehead atoms. The first-order valence-corrected chi connectivity index (χ1v) is 6.70. The van der Waals surface area contributed by atoms with Crippen molar-refractivity contribution in [1.29, 1.82) is 0 Å². The van der Waals surface area contributed by atoms with Crippen molar-refractivity contribution in [3.05, 3.63) is 22.4 Å². The molecule has 2 atom stereocenters. The van der Waals surface area contributed by atoms with Gasteiger partial charge < -0.3 is 9.80 Å². The molecule has 0 aliphatic carbocycles. The average Bonchev–Trinajstić information content (AvgIpc) is 2.89. The van der Waals surface area contributed by atoms with E-state index < -0.39 is 0 Å². The van der Waals surface area contributed by atoms with Crippen molar-refractivity contribution in [2.75, 3.05) is 27.2 Å². The first-order valence-electron chi connectivity index (χ1n) is 5.82. The molecule has 0 spiro atoms. The van der Waals surface area contributed by atoms with Crippen LogP contribution in [-0.4, -0.2) is 48.9 Å². The highest BCUT2D eigenvalue weighted by Gasteiger charge is 2.33. The lowest BCUT2D eigenvalue weighted by Crippen LogP contribution is -2.41. The van der Waals surface area contributed by atoms with Crippen molar-refractivity contribution in [3.8, 4) is 0 Å². The van der Waals surface area contributed by atoms with Crippen LogP contribution in [0.25, 0.3) is 0 Å². The molecule has 0 radical (unpaired) electrons. The first-order chi connectivity index (χ1) is 8.09. The van der Waals surface area contributed by atoms with Crippen molar-refractivity contribution >= 4 is 17.2 Å². The van der Waals surface area contributed by atoms with E-state index in [4.69, 9.17) is 0 Å². The Morgan fingerprint density at radius 1 is 1.65 bits per heavy atom. The number of nitrogens with one attached hydrogen (secondary N) is 1. The van der Waals surface area contributed by atoms with E-state index in [0.717, 1.165) is 6.54 Å². The van der Waals surface area contributed by atoms with Gasteiger partial charge in [-0.25, -0.2) is 0 Å². The number of hydrogen-bond acceptors (Lipinski definition) is 4. The minimum atomic E-state index is 0.0601. The Bertz CT molecular complexity index is 377. The predicted octanol–water partition coefficient (Wildman–Crippen LogP) is 1.13. The summed E-state index contributed by atoms with van der Waals surface area (Å²) in [4.78, 5) is 17.2. The largest absolute Gasteiger partial charge is 0.319 e. The number of carbonyl (C=O) groups is 1. The van der Waals surface area contributed by atoms with Crippen LogP contribution in [0.4, 0.5) is 0 Å². The molecule has 1 amide bonds. The van der Waals surface area contributed by atoms with Gasteiger partial charge in [-0.2, -0.15) is 0 Å². The van der Waals surface area contributed by atoms with Gasteiger partial charge in [0.2, 0.25) is 5.91 Å². The van der Waals surface area contributed by atoms with Crippen LogP contribution >= 0.6 is 11.3 Å². The van der Waals surface area contributed by atoms with Crippen LogP contribution in [0.3, 0.4) is 0 Å². The van der Waals surface area contributed by atoms with Crippen LogP contribution in [-0.2, 0) is 4.79 Å². The fourth-order valence-corrected chi connectivity index (χ4v) is 2.71. The van der Waals surface area contributed by atoms with E-state index in [9.17, 15) is 4.79 Å². The summed E-state index contributed by atoms with van der Waals surface area (Å²) in [5.41, 5.74) is 0. The highest BCUT2D eigenvalue weighted by atomic mass is 32.1. The minimum absolute atomic E-state index is 0.0601. The molecule has 4 nitrogen and oxygen atoms in total. The van der Waals surface area contributed by atoms with E-state index in [1.165, 1.54) is 4.88 Å².